The van der Waals surface area contributed by atoms with E-state index in [0.29, 0.717) is 0 Å². The van der Waals surface area contributed by atoms with E-state index in [9.17, 15) is 13.2 Å². The first-order valence-electron chi connectivity index (χ1n) is 8.23. The molecule has 1 aliphatic rings. The maximum Gasteiger partial charge on any atom is 0.433 e. The molecule has 0 saturated carbocycles. The summed E-state index contributed by atoms with van der Waals surface area (Å²) in [6.45, 7) is 4.77. The zero-order valence-corrected chi connectivity index (χ0v) is 15.1. The first-order valence-corrected chi connectivity index (χ1v) is 9.05. The van der Waals surface area contributed by atoms with Crippen molar-refractivity contribution < 1.29 is 13.2 Å². The van der Waals surface area contributed by atoms with Gasteiger partial charge in [0, 0.05) is 42.1 Å². The SMILES string of the molecule is Cc1ccc(CN2CCCC(N(C)c3nccc(C(F)(F)F)n3)C2)s1. The summed E-state index contributed by atoms with van der Waals surface area (Å²) in [7, 11) is 1.78. The maximum atomic E-state index is 12.9. The van der Waals surface area contributed by atoms with Crippen molar-refractivity contribution in [1.29, 1.82) is 0 Å². The van der Waals surface area contributed by atoms with Crippen LogP contribution in [0.2, 0.25) is 0 Å². The number of likely N-dealkylation sites (N-methyl/N-ethyl adjacent to an activating group) is 1. The largest absolute Gasteiger partial charge is 0.433 e. The first-order chi connectivity index (χ1) is 11.8. The summed E-state index contributed by atoms with van der Waals surface area (Å²) in [5, 5.41) is 0. The van der Waals surface area contributed by atoms with E-state index in [2.05, 4.69) is 33.9 Å². The monoisotopic (exact) mass is 370 g/mol. The highest BCUT2D eigenvalue weighted by Crippen LogP contribution is 2.29. The van der Waals surface area contributed by atoms with Gasteiger partial charge in [-0.3, -0.25) is 4.90 Å². The summed E-state index contributed by atoms with van der Waals surface area (Å²) in [6.07, 6.45) is -1.33. The molecule has 1 fully saturated rings. The Hall–Kier alpha value is -1.67. The molecule has 0 spiro atoms. The molecular formula is C17H21F3N4S. The highest BCUT2D eigenvalue weighted by Gasteiger charge is 2.34. The van der Waals surface area contributed by atoms with Gasteiger partial charge in [-0.1, -0.05) is 0 Å². The average molecular weight is 370 g/mol. The third-order valence-electron chi connectivity index (χ3n) is 4.45. The number of halogens is 3. The van der Waals surface area contributed by atoms with Gasteiger partial charge in [0.15, 0.2) is 0 Å². The predicted molar refractivity (Wildman–Crippen MR) is 92.8 cm³/mol. The van der Waals surface area contributed by atoms with E-state index in [1.54, 1.807) is 23.3 Å². The van der Waals surface area contributed by atoms with Crippen LogP contribution >= 0.6 is 11.3 Å². The quantitative estimate of drug-likeness (QED) is 0.815. The van der Waals surface area contributed by atoms with Crippen molar-refractivity contribution in [3.05, 3.63) is 39.8 Å². The van der Waals surface area contributed by atoms with Crippen LogP contribution in [-0.2, 0) is 12.7 Å². The van der Waals surface area contributed by atoms with E-state index in [4.69, 9.17) is 0 Å². The lowest BCUT2D eigenvalue weighted by Gasteiger charge is -2.37. The number of alkyl halides is 3. The number of hydrogen-bond acceptors (Lipinski definition) is 5. The van der Waals surface area contributed by atoms with Gasteiger partial charge in [0.1, 0.15) is 5.69 Å². The molecule has 2 aromatic heterocycles. The van der Waals surface area contributed by atoms with Crippen molar-refractivity contribution in [3.8, 4) is 0 Å². The summed E-state index contributed by atoms with van der Waals surface area (Å²) in [5.41, 5.74) is -0.897. The summed E-state index contributed by atoms with van der Waals surface area (Å²) in [4.78, 5) is 14.5. The summed E-state index contributed by atoms with van der Waals surface area (Å²) < 4.78 is 38.6. The first kappa shape index (κ1) is 18.1. The fourth-order valence-electron chi connectivity index (χ4n) is 3.12. The Labute approximate surface area is 149 Å². The third kappa shape index (κ3) is 4.49. The molecular weight excluding hydrogens is 349 g/mol. The zero-order chi connectivity index (χ0) is 18.0. The van der Waals surface area contributed by atoms with Crippen molar-refractivity contribution in [2.24, 2.45) is 0 Å². The Morgan fingerprint density at radius 2 is 2.12 bits per heavy atom. The fraction of sp³-hybridized carbons (Fsp3) is 0.529. The Bertz CT molecular complexity index is 716. The topological polar surface area (TPSA) is 32.3 Å². The van der Waals surface area contributed by atoms with E-state index >= 15 is 0 Å². The van der Waals surface area contributed by atoms with Gasteiger partial charge in [0.05, 0.1) is 0 Å². The molecule has 8 heteroatoms. The molecule has 25 heavy (non-hydrogen) atoms. The molecule has 0 aromatic carbocycles. The van der Waals surface area contributed by atoms with E-state index in [1.807, 2.05) is 0 Å². The highest BCUT2D eigenvalue weighted by atomic mass is 32.1. The van der Waals surface area contributed by atoms with E-state index < -0.39 is 11.9 Å². The van der Waals surface area contributed by atoms with Crippen LogP contribution in [0.1, 0.15) is 28.3 Å². The van der Waals surface area contributed by atoms with Crippen molar-refractivity contribution in [2.75, 3.05) is 25.0 Å². The van der Waals surface area contributed by atoms with E-state index in [-0.39, 0.29) is 12.0 Å². The molecule has 2 aromatic rings. The molecule has 136 valence electrons. The zero-order valence-electron chi connectivity index (χ0n) is 14.3. The standard InChI is InChI=1S/C17H21F3N4S/c1-12-5-6-14(25-12)11-24-9-3-4-13(10-24)23(2)16-21-8-7-15(22-16)17(18,19)20/h5-8,13H,3-4,9-11H2,1-2H3. The minimum atomic E-state index is -4.45. The van der Waals surface area contributed by atoms with Crippen LogP contribution < -0.4 is 4.90 Å². The lowest BCUT2D eigenvalue weighted by atomic mass is 10.0. The molecule has 0 amide bonds. The molecule has 0 aliphatic carbocycles. The molecule has 0 N–H and O–H groups in total. The Morgan fingerprint density at radius 1 is 1.32 bits per heavy atom. The van der Waals surface area contributed by atoms with Gasteiger partial charge in [0.2, 0.25) is 5.95 Å². The molecule has 1 saturated heterocycles. The van der Waals surface area contributed by atoms with Gasteiger partial charge >= 0.3 is 6.18 Å². The number of piperidine rings is 1. The highest BCUT2D eigenvalue weighted by molar-refractivity contribution is 7.11. The van der Waals surface area contributed by atoms with Gasteiger partial charge in [-0.05, 0) is 44.5 Å². The van der Waals surface area contributed by atoms with Gasteiger partial charge in [-0.2, -0.15) is 13.2 Å². The van der Waals surface area contributed by atoms with Crippen LogP contribution in [0.5, 0.6) is 0 Å². The molecule has 3 heterocycles. The minimum absolute atomic E-state index is 0.110. The van der Waals surface area contributed by atoms with Crippen LogP contribution in [0.25, 0.3) is 0 Å². The second-order valence-corrected chi connectivity index (χ2v) is 7.77. The van der Waals surface area contributed by atoms with Crippen molar-refractivity contribution >= 4 is 17.3 Å². The molecule has 3 rings (SSSR count). The normalized spacial score (nSPS) is 19.2. The van der Waals surface area contributed by atoms with E-state index in [0.717, 1.165) is 38.5 Å². The van der Waals surface area contributed by atoms with Crippen molar-refractivity contribution in [3.63, 3.8) is 0 Å². The maximum absolute atomic E-state index is 12.9. The second kappa shape index (κ2) is 7.29. The van der Waals surface area contributed by atoms with E-state index in [1.165, 1.54) is 16.0 Å². The Morgan fingerprint density at radius 3 is 2.80 bits per heavy atom. The van der Waals surface area contributed by atoms with Gasteiger partial charge in [-0.25, -0.2) is 9.97 Å². The van der Waals surface area contributed by atoms with Gasteiger partial charge in [-0.15, -0.1) is 11.3 Å². The number of thiophene rings is 1. The number of likely N-dealkylation sites (tertiary alicyclic amines) is 1. The predicted octanol–water partition coefficient (Wildman–Crippen LogP) is 3.97. The van der Waals surface area contributed by atoms with Crippen molar-refractivity contribution in [1.82, 2.24) is 14.9 Å². The number of aromatic nitrogens is 2. The third-order valence-corrected chi connectivity index (χ3v) is 5.44. The smallest absolute Gasteiger partial charge is 0.340 e. The Balaban J connectivity index is 1.68. The number of aryl methyl sites for hydroxylation is 1. The summed E-state index contributed by atoms with van der Waals surface area (Å²) in [5.74, 6) is 0.133. The molecule has 1 aliphatic heterocycles. The summed E-state index contributed by atoms with van der Waals surface area (Å²) in [6, 6.07) is 5.27. The molecule has 1 atom stereocenters. The number of nitrogens with zero attached hydrogens (tertiary/aromatic N) is 4. The number of anilines is 1. The van der Waals surface area contributed by atoms with Crippen LogP contribution in [0.3, 0.4) is 0 Å². The minimum Gasteiger partial charge on any atom is -0.340 e. The lowest BCUT2D eigenvalue weighted by Crippen LogP contribution is -2.46. The number of hydrogen-bond donors (Lipinski definition) is 0. The molecule has 0 bridgehead atoms. The van der Waals surface area contributed by atoms with Gasteiger partial charge in [0.25, 0.3) is 0 Å². The summed E-state index contributed by atoms with van der Waals surface area (Å²) >= 11 is 1.79. The second-order valence-electron chi connectivity index (χ2n) is 6.39. The fourth-order valence-corrected chi connectivity index (χ4v) is 4.05. The van der Waals surface area contributed by atoms with Crippen LogP contribution in [0, 0.1) is 6.92 Å². The lowest BCUT2D eigenvalue weighted by molar-refractivity contribution is -0.141. The van der Waals surface area contributed by atoms with Crippen molar-refractivity contribution in [2.45, 2.75) is 38.5 Å². The average Bonchev–Trinajstić information content (AvgIpc) is 2.98. The molecule has 0 radical (unpaired) electrons. The van der Waals surface area contributed by atoms with Crippen LogP contribution in [0.4, 0.5) is 19.1 Å². The number of rotatable bonds is 4. The molecule has 4 nitrogen and oxygen atoms in total. The Kier molecular flexibility index (Phi) is 5.29. The van der Waals surface area contributed by atoms with Crippen LogP contribution in [0.15, 0.2) is 24.4 Å². The van der Waals surface area contributed by atoms with Gasteiger partial charge < -0.3 is 4.90 Å². The van der Waals surface area contributed by atoms with Crippen LogP contribution in [-0.4, -0.2) is 41.0 Å². The molecule has 1 unspecified atom stereocenters.